The molecule has 1 aliphatic heterocycles. The van der Waals surface area contributed by atoms with E-state index in [9.17, 15) is 18.0 Å². The third kappa shape index (κ3) is 6.95. The standard InChI is InChI=1S/C25H29F3N4O3/c1-16-13-18(29)14-21-23(16)35-24(31-21)17-3-5-19(6-4-17)30-22(33)15-34-20-7-11-32(12-8-20)10-2-9-25(26,27)28/h3-6,13-14,20H,2,7-12,15,29H2,1H3,(H,30,33). The number of aryl methyl sites for hydroxylation is 1. The number of nitrogens with two attached hydrogens (primary N) is 1. The average Bonchev–Trinajstić information content (AvgIpc) is 3.23. The highest BCUT2D eigenvalue weighted by atomic mass is 19.4. The molecule has 10 heteroatoms. The van der Waals surface area contributed by atoms with Gasteiger partial charge in [-0.1, -0.05) is 0 Å². The van der Waals surface area contributed by atoms with E-state index in [1.807, 2.05) is 30.0 Å². The van der Waals surface area contributed by atoms with E-state index < -0.39 is 12.6 Å². The maximum Gasteiger partial charge on any atom is 0.389 e. The normalized spacial score (nSPS) is 15.5. The largest absolute Gasteiger partial charge is 0.436 e. The fourth-order valence-corrected chi connectivity index (χ4v) is 4.24. The number of anilines is 2. The number of halogens is 3. The number of carbonyl (C=O) groups is 1. The van der Waals surface area contributed by atoms with E-state index in [4.69, 9.17) is 14.9 Å². The number of fused-ring (bicyclic) bond motifs is 1. The molecule has 0 radical (unpaired) electrons. The first-order valence-corrected chi connectivity index (χ1v) is 11.6. The summed E-state index contributed by atoms with van der Waals surface area (Å²) in [6.45, 7) is 3.61. The number of rotatable bonds is 8. The first kappa shape index (κ1) is 25.0. The van der Waals surface area contributed by atoms with Crippen molar-refractivity contribution < 1.29 is 27.1 Å². The Morgan fingerprint density at radius 3 is 2.63 bits per heavy atom. The highest BCUT2D eigenvalue weighted by Gasteiger charge is 2.27. The maximum absolute atomic E-state index is 12.3. The van der Waals surface area contributed by atoms with E-state index in [0.717, 1.165) is 11.1 Å². The molecule has 188 valence electrons. The molecule has 1 saturated heterocycles. The van der Waals surface area contributed by atoms with Crippen LogP contribution in [0.15, 0.2) is 40.8 Å². The maximum atomic E-state index is 12.3. The van der Waals surface area contributed by atoms with Crippen LogP contribution in [0.25, 0.3) is 22.6 Å². The number of aromatic nitrogens is 1. The Morgan fingerprint density at radius 1 is 1.23 bits per heavy atom. The second-order valence-electron chi connectivity index (χ2n) is 8.90. The van der Waals surface area contributed by atoms with Crippen molar-refractivity contribution >= 4 is 28.4 Å². The van der Waals surface area contributed by atoms with Crippen LogP contribution in [0, 0.1) is 6.92 Å². The molecule has 0 bridgehead atoms. The summed E-state index contributed by atoms with van der Waals surface area (Å²) in [5.74, 6) is 0.206. The lowest BCUT2D eigenvalue weighted by Gasteiger charge is -2.31. The Labute approximate surface area is 201 Å². The Kier molecular flexibility index (Phi) is 7.61. The topological polar surface area (TPSA) is 93.6 Å². The summed E-state index contributed by atoms with van der Waals surface area (Å²) in [7, 11) is 0. The fraction of sp³-hybridized carbons (Fsp3) is 0.440. The highest BCUT2D eigenvalue weighted by molar-refractivity contribution is 5.92. The van der Waals surface area contributed by atoms with Gasteiger partial charge in [0, 0.05) is 36.4 Å². The van der Waals surface area contributed by atoms with Gasteiger partial charge in [-0.3, -0.25) is 4.79 Å². The van der Waals surface area contributed by atoms with E-state index in [1.54, 1.807) is 18.2 Å². The van der Waals surface area contributed by atoms with Gasteiger partial charge < -0.3 is 25.1 Å². The third-order valence-corrected chi connectivity index (χ3v) is 6.03. The Balaban J connectivity index is 1.21. The monoisotopic (exact) mass is 490 g/mol. The number of carbonyl (C=O) groups excluding carboxylic acids is 1. The molecule has 0 atom stereocenters. The lowest BCUT2D eigenvalue weighted by Crippen LogP contribution is -2.38. The zero-order valence-corrected chi connectivity index (χ0v) is 19.5. The van der Waals surface area contributed by atoms with Crippen molar-refractivity contribution in [3.05, 3.63) is 42.0 Å². The molecule has 2 heterocycles. The number of nitrogens with zero attached hydrogens (tertiary/aromatic N) is 2. The molecule has 0 spiro atoms. The number of benzene rings is 2. The van der Waals surface area contributed by atoms with E-state index in [-0.39, 0.29) is 25.0 Å². The van der Waals surface area contributed by atoms with Crippen molar-refractivity contribution in [2.45, 2.75) is 44.9 Å². The quantitative estimate of drug-likeness (QED) is 0.425. The van der Waals surface area contributed by atoms with Crippen LogP contribution in [0.1, 0.15) is 31.2 Å². The fourth-order valence-electron chi connectivity index (χ4n) is 4.24. The molecule has 1 aliphatic rings. The van der Waals surface area contributed by atoms with Crippen LogP contribution >= 0.6 is 0 Å². The lowest BCUT2D eigenvalue weighted by molar-refractivity contribution is -0.136. The molecule has 1 amide bonds. The van der Waals surface area contributed by atoms with Crippen LogP contribution in [0.3, 0.4) is 0 Å². The highest BCUT2D eigenvalue weighted by Crippen LogP contribution is 2.29. The van der Waals surface area contributed by atoms with Gasteiger partial charge in [-0.2, -0.15) is 13.2 Å². The molecule has 2 aromatic carbocycles. The van der Waals surface area contributed by atoms with Crippen molar-refractivity contribution in [2.24, 2.45) is 0 Å². The second-order valence-corrected chi connectivity index (χ2v) is 8.90. The molecule has 3 N–H and O–H groups in total. The molecule has 35 heavy (non-hydrogen) atoms. The number of hydrogen-bond donors (Lipinski definition) is 2. The third-order valence-electron chi connectivity index (χ3n) is 6.03. The number of hydrogen-bond acceptors (Lipinski definition) is 6. The summed E-state index contributed by atoms with van der Waals surface area (Å²) >= 11 is 0. The van der Waals surface area contributed by atoms with E-state index in [1.165, 1.54) is 0 Å². The first-order chi connectivity index (χ1) is 16.7. The number of nitrogen functional groups attached to an aromatic ring is 1. The summed E-state index contributed by atoms with van der Waals surface area (Å²) < 4.78 is 48.4. The van der Waals surface area contributed by atoms with Gasteiger partial charge in [0.1, 0.15) is 12.1 Å². The number of alkyl halides is 3. The average molecular weight is 491 g/mol. The molecule has 0 unspecified atom stereocenters. The number of ether oxygens (including phenoxy) is 1. The summed E-state index contributed by atoms with van der Waals surface area (Å²) in [6.07, 6.45) is -3.43. The van der Waals surface area contributed by atoms with Gasteiger partial charge in [-0.15, -0.1) is 0 Å². The number of oxazole rings is 1. The van der Waals surface area contributed by atoms with Gasteiger partial charge in [-0.25, -0.2) is 4.98 Å². The van der Waals surface area contributed by atoms with Crippen LogP contribution in [-0.2, 0) is 9.53 Å². The minimum Gasteiger partial charge on any atom is -0.436 e. The Hall–Kier alpha value is -3.11. The minimum atomic E-state index is -4.10. The molecular weight excluding hydrogens is 461 g/mol. The van der Waals surface area contributed by atoms with Crippen LogP contribution in [0.5, 0.6) is 0 Å². The van der Waals surface area contributed by atoms with Crippen molar-refractivity contribution in [3.8, 4) is 11.5 Å². The van der Waals surface area contributed by atoms with Crippen LogP contribution < -0.4 is 11.1 Å². The summed E-state index contributed by atoms with van der Waals surface area (Å²) in [6, 6.07) is 10.8. The molecule has 0 aliphatic carbocycles. The molecular formula is C25H29F3N4O3. The van der Waals surface area contributed by atoms with Gasteiger partial charge >= 0.3 is 6.18 Å². The Morgan fingerprint density at radius 2 is 1.94 bits per heavy atom. The number of nitrogens with one attached hydrogen (secondary N) is 1. The smallest absolute Gasteiger partial charge is 0.389 e. The summed E-state index contributed by atoms with van der Waals surface area (Å²) in [4.78, 5) is 18.8. The van der Waals surface area contributed by atoms with E-state index in [0.29, 0.717) is 60.8 Å². The summed E-state index contributed by atoms with van der Waals surface area (Å²) in [5.41, 5.74) is 10.2. The van der Waals surface area contributed by atoms with Crippen molar-refractivity contribution in [1.29, 1.82) is 0 Å². The molecule has 1 fully saturated rings. The molecule has 1 aromatic heterocycles. The molecule has 0 saturated carbocycles. The molecule has 3 aromatic rings. The van der Waals surface area contributed by atoms with Crippen molar-refractivity contribution in [3.63, 3.8) is 0 Å². The molecule has 4 rings (SSSR count). The SMILES string of the molecule is Cc1cc(N)cc2nc(-c3ccc(NC(=O)COC4CCN(CCCC(F)(F)F)CC4)cc3)oc12. The van der Waals surface area contributed by atoms with Crippen LogP contribution in [-0.4, -0.2) is 54.3 Å². The van der Waals surface area contributed by atoms with E-state index >= 15 is 0 Å². The predicted octanol–water partition coefficient (Wildman–Crippen LogP) is 5.15. The molecule has 7 nitrogen and oxygen atoms in total. The van der Waals surface area contributed by atoms with Gasteiger partial charge in [-0.05, 0) is 74.7 Å². The predicted molar refractivity (Wildman–Crippen MR) is 128 cm³/mol. The minimum absolute atomic E-state index is 0.0707. The lowest BCUT2D eigenvalue weighted by atomic mass is 10.1. The van der Waals surface area contributed by atoms with Gasteiger partial charge in [0.2, 0.25) is 11.8 Å². The second kappa shape index (κ2) is 10.7. The van der Waals surface area contributed by atoms with Crippen LogP contribution in [0.2, 0.25) is 0 Å². The van der Waals surface area contributed by atoms with Gasteiger partial charge in [0.25, 0.3) is 0 Å². The zero-order valence-electron chi connectivity index (χ0n) is 19.5. The van der Waals surface area contributed by atoms with Gasteiger partial charge in [0.05, 0.1) is 6.10 Å². The van der Waals surface area contributed by atoms with Crippen molar-refractivity contribution in [1.82, 2.24) is 9.88 Å². The number of amides is 1. The Bertz CT molecular complexity index is 1150. The van der Waals surface area contributed by atoms with Crippen molar-refractivity contribution in [2.75, 3.05) is 37.3 Å². The zero-order chi connectivity index (χ0) is 25.0. The van der Waals surface area contributed by atoms with Crippen LogP contribution in [0.4, 0.5) is 24.5 Å². The van der Waals surface area contributed by atoms with Gasteiger partial charge in [0.15, 0.2) is 5.58 Å². The number of likely N-dealkylation sites (tertiary alicyclic amines) is 1. The first-order valence-electron chi connectivity index (χ1n) is 11.6. The van der Waals surface area contributed by atoms with E-state index in [2.05, 4.69) is 10.3 Å². The number of piperidine rings is 1. The summed E-state index contributed by atoms with van der Waals surface area (Å²) in [5, 5.41) is 2.81.